The van der Waals surface area contributed by atoms with E-state index in [0.717, 1.165) is 25.7 Å². The molecule has 25 heavy (non-hydrogen) atoms. The fourth-order valence-corrected chi connectivity index (χ4v) is 3.53. The molecular formula is C19H41O5P. The fraction of sp³-hybridized carbons (Fsp3) is 1.00. The van der Waals surface area contributed by atoms with E-state index >= 15 is 0 Å². The van der Waals surface area contributed by atoms with Gasteiger partial charge in [-0.2, -0.15) is 0 Å². The van der Waals surface area contributed by atoms with Crippen LogP contribution in [0.3, 0.4) is 0 Å². The van der Waals surface area contributed by atoms with Gasteiger partial charge in [-0.15, -0.1) is 0 Å². The molecule has 0 unspecified atom stereocenters. The molecule has 0 aromatic carbocycles. The maximum Gasteiger partial charge on any atom is 0.469 e. The maximum absolute atomic E-state index is 10.9. The first-order valence-electron chi connectivity index (χ1n) is 10.3. The molecule has 0 aliphatic carbocycles. The zero-order valence-corrected chi connectivity index (χ0v) is 17.3. The highest BCUT2D eigenvalue weighted by atomic mass is 31.2. The van der Waals surface area contributed by atoms with Crippen molar-refractivity contribution in [1.82, 2.24) is 0 Å². The van der Waals surface area contributed by atoms with Crippen LogP contribution in [-0.4, -0.2) is 27.1 Å². The number of phosphoric ester groups is 1. The second-order valence-electron chi connectivity index (χ2n) is 7.33. The van der Waals surface area contributed by atoms with Gasteiger partial charge in [-0.25, -0.2) is 4.57 Å². The lowest BCUT2D eigenvalue weighted by atomic mass is 9.87. The highest BCUT2D eigenvalue weighted by Crippen LogP contribution is 2.37. The second-order valence-corrected chi connectivity index (χ2v) is 8.57. The molecule has 0 heterocycles. The molecule has 0 radical (unpaired) electrons. The molecule has 0 aromatic rings. The van der Waals surface area contributed by atoms with Crippen molar-refractivity contribution in [3.63, 3.8) is 0 Å². The van der Waals surface area contributed by atoms with E-state index < -0.39 is 13.4 Å². The summed E-state index contributed by atoms with van der Waals surface area (Å²) in [7, 11) is -4.45. The van der Waals surface area contributed by atoms with Crippen molar-refractivity contribution in [3.05, 3.63) is 0 Å². The average Bonchev–Trinajstić information content (AvgIpc) is 2.53. The predicted octanol–water partition coefficient (Wildman–Crippen LogP) is 5.72. The van der Waals surface area contributed by atoms with Gasteiger partial charge in [0.2, 0.25) is 0 Å². The van der Waals surface area contributed by atoms with Crippen molar-refractivity contribution >= 4 is 7.82 Å². The summed E-state index contributed by atoms with van der Waals surface area (Å²) in [6.07, 6.45) is 15.7. The lowest BCUT2D eigenvalue weighted by Crippen LogP contribution is -2.30. The van der Waals surface area contributed by atoms with Crippen LogP contribution >= 0.6 is 7.82 Å². The summed E-state index contributed by atoms with van der Waals surface area (Å²) in [5, 5.41) is 10.9. The molecule has 0 spiro atoms. The monoisotopic (exact) mass is 380 g/mol. The Hall–Kier alpha value is 0.0700. The Bertz CT molecular complexity index is 327. The van der Waals surface area contributed by atoms with Crippen molar-refractivity contribution < 1.29 is 24.0 Å². The fourth-order valence-electron chi connectivity index (χ4n) is 3.20. The molecular weight excluding hydrogens is 339 g/mol. The van der Waals surface area contributed by atoms with E-state index in [1.54, 1.807) is 0 Å². The molecule has 0 saturated carbocycles. The minimum Gasteiger partial charge on any atom is -0.390 e. The van der Waals surface area contributed by atoms with Gasteiger partial charge in [0.1, 0.15) is 0 Å². The van der Waals surface area contributed by atoms with Crippen molar-refractivity contribution in [2.45, 2.75) is 116 Å². The molecule has 0 aliphatic rings. The first-order chi connectivity index (χ1) is 11.8. The molecule has 0 amide bonds. The normalized spacial score (nSPS) is 12.7. The minimum atomic E-state index is -4.45. The molecule has 0 saturated heterocycles. The van der Waals surface area contributed by atoms with Crippen molar-refractivity contribution in [2.75, 3.05) is 6.61 Å². The van der Waals surface area contributed by atoms with Crippen molar-refractivity contribution in [2.24, 2.45) is 0 Å². The molecule has 6 heteroatoms. The van der Waals surface area contributed by atoms with Crippen molar-refractivity contribution in [1.29, 1.82) is 0 Å². The summed E-state index contributed by atoms with van der Waals surface area (Å²) in [5.41, 5.74) is -0.856. The van der Waals surface area contributed by atoms with Crippen LogP contribution in [0, 0.1) is 0 Å². The summed E-state index contributed by atoms with van der Waals surface area (Å²) in [4.78, 5) is 17.6. The van der Waals surface area contributed by atoms with E-state index in [4.69, 9.17) is 9.79 Å². The minimum absolute atomic E-state index is 0.0908. The third kappa shape index (κ3) is 17.3. The number of phosphoric acid groups is 1. The first-order valence-corrected chi connectivity index (χ1v) is 11.8. The Labute approximate surface area is 154 Å². The molecule has 0 bridgehead atoms. The summed E-state index contributed by atoms with van der Waals surface area (Å²) >= 11 is 0. The van der Waals surface area contributed by atoms with E-state index in [0.29, 0.717) is 19.3 Å². The number of hydrogen-bond donors (Lipinski definition) is 3. The topological polar surface area (TPSA) is 87.0 Å². The van der Waals surface area contributed by atoms with Crippen LogP contribution in [0.5, 0.6) is 0 Å². The van der Waals surface area contributed by atoms with Crippen LogP contribution in [0.15, 0.2) is 0 Å². The number of aliphatic hydroxyl groups is 1. The van der Waals surface area contributed by atoms with Gasteiger partial charge in [-0.3, -0.25) is 4.52 Å². The van der Waals surface area contributed by atoms with Crippen LogP contribution in [0.25, 0.3) is 0 Å². The predicted molar refractivity (Wildman–Crippen MR) is 104 cm³/mol. The Morgan fingerprint density at radius 2 is 1.12 bits per heavy atom. The van der Waals surface area contributed by atoms with E-state index in [1.165, 1.54) is 51.4 Å². The Morgan fingerprint density at radius 3 is 1.52 bits per heavy atom. The summed E-state index contributed by atoms with van der Waals surface area (Å²) < 4.78 is 15.4. The number of unbranched alkanes of at least 4 members (excludes halogenated alkanes) is 10. The summed E-state index contributed by atoms with van der Waals surface area (Å²) in [6.45, 7) is 4.30. The molecule has 0 atom stereocenters. The third-order valence-corrected chi connectivity index (χ3v) is 5.34. The van der Waals surface area contributed by atoms with Gasteiger partial charge in [0.15, 0.2) is 0 Å². The maximum atomic E-state index is 10.9. The van der Waals surface area contributed by atoms with E-state index in [1.807, 2.05) is 0 Å². The quantitative estimate of drug-likeness (QED) is 0.209. The Balaban J connectivity index is 4.16. The highest BCUT2D eigenvalue weighted by molar-refractivity contribution is 7.46. The third-order valence-electron chi connectivity index (χ3n) is 4.82. The largest absolute Gasteiger partial charge is 0.469 e. The average molecular weight is 381 g/mol. The zero-order valence-electron chi connectivity index (χ0n) is 16.4. The Morgan fingerprint density at radius 1 is 0.720 bits per heavy atom. The van der Waals surface area contributed by atoms with Gasteiger partial charge in [0.05, 0.1) is 12.2 Å². The highest BCUT2D eigenvalue weighted by Gasteiger charge is 2.27. The molecule has 0 aliphatic heterocycles. The number of hydrogen-bond acceptors (Lipinski definition) is 3. The van der Waals surface area contributed by atoms with Gasteiger partial charge in [0.25, 0.3) is 0 Å². The summed E-state index contributed by atoms with van der Waals surface area (Å²) in [6, 6.07) is 0. The van der Waals surface area contributed by atoms with Gasteiger partial charge in [-0.1, -0.05) is 90.9 Å². The van der Waals surface area contributed by atoms with Crippen molar-refractivity contribution in [3.8, 4) is 0 Å². The van der Waals surface area contributed by atoms with Gasteiger partial charge < -0.3 is 14.9 Å². The molecule has 0 fully saturated rings. The van der Waals surface area contributed by atoms with Crippen LogP contribution in [0.1, 0.15) is 110 Å². The van der Waals surface area contributed by atoms with Gasteiger partial charge in [0, 0.05) is 6.42 Å². The lowest BCUT2D eigenvalue weighted by molar-refractivity contribution is -0.00397. The molecule has 0 aromatic heterocycles. The van der Waals surface area contributed by atoms with E-state index in [2.05, 4.69) is 18.4 Å². The molecule has 3 N–H and O–H groups in total. The SMILES string of the molecule is CCCCCCCCC(O)(CCCCCCCC)CCOP(=O)(O)O. The van der Waals surface area contributed by atoms with Crippen LogP contribution < -0.4 is 0 Å². The zero-order chi connectivity index (χ0) is 19.0. The van der Waals surface area contributed by atoms with E-state index in [-0.39, 0.29) is 6.61 Å². The van der Waals surface area contributed by atoms with Gasteiger partial charge >= 0.3 is 7.82 Å². The lowest BCUT2D eigenvalue weighted by Gasteiger charge is -2.28. The second kappa shape index (κ2) is 15.2. The first kappa shape index (κ1) is 25.1. The van der Waals surface area contributed by atoms with Crippen LogP contribution in [0.4, 0.5) is 0 Å². The van der Waals surface area contributed by atoms with Gasteiger partial charge in [-0.05, 0) is 12.8 Å². The molecule has 152 valence electrons. The van der Waals surface area contributed by atoms with Crippen LogP contribution in [-0.2, 0) is 9.09 Å². The standard InChI is InChI=1S/C19H41O5P/c1-3-5-7-9-11-13-15-19(20,17-18-24-25(21,22)23)16-14-12-10-8-6-4-2/h20H,3-18H2,1-2H3,(H2,21,22,23). The number of rotatable bonds is 18. The molecule has 0 rings (SSSR count). The Kier molecular flexibility index (Phi) is 15.2. The smallest absolute Gasteiger partial charge is 0.390 e. The summed E-state index contributed by atoms with van der Waals surface area (Å²) in [5.74, 6) is 0. The van der Waals surface area contributed by atoms with Crippen LogP contribution in [0.2, 0.25) is 0 Å². The molecule has 5 nitrogen and oxygen atoms in total. The van der Waals surface area contributed by atoms with E-state index in [9.17, 15) is 9.67 Å².